The van der Waals surface area contributed by atoms with Crippen LogP contribution in [0.5, 0.6) is 5.75 Å². The number of hydrogen-bond acceptors (Lipinski definition) is 6. The van der Waals surface area contributed by atoms with Crippen molar-refractivity contribution >= 4 is 23.2 Å². The third-order valence-electron chi connectivity index (χ3n) is 4.66. The maximum atomic E-state index is 13.0. The molecule has 0 aromatic heterocycles. The Bertz CT molecular complexity index is 772. The highest BCUT2D eigenvalue weighted by molar-refractivity contribution is 5.98. The smallest absolute Gasteiger partial charge is 0.387 e. The molecule has 180 valence electrons. The molecule has 3 N–H and O–H groups in total. The lowest BCUT2D eigenvalue weighted by molar-refractivity contribution is -0.126. The van der Waals surface area contributed by atoms with Gasteiger partial charge in [0.15, 0.2) is 5.75 Å². The molecule has 2 amide bonds. The Labute approximate surface area is 183 Å². The second-order valence-corrected chi connectivity index (χ2v) is 7.64. The summed E-state index contributed by atoms with van der Waals surface area (Å²) < 4.78 is 61.5. The number of rotatable bonds is 11. The molecule has 1 aromatic rings. The van der Waals surface area contributed by atoms with Gasteiger partial charge in [-0.15, -0.1) is 0 Å². The topological polar surface area (TPSA) is 97.1 Å². The monoisotopic (exact) mass is 464 g/mol. The van der Waals surface area contributed by atoms with Crippen LogP contribution in [0.25, 0.3) is 0 Å². The molecule has 32 heavy (non-hydrogen) atoms. The molecule has 0 aliphatic carbocycles. The van der Waals surface area contributed by atoms with Gasteiger partial charge in [-0.1, -0.05) is 13.8 Å². The standard InChI is InChI=1S/C20H28F4N4O4/c1-12(2)9-27(10-17(21)22)15(8-25)19(30)26-13-3-4-14(16(7-13)32-20(23)24)28-5-6-31-11-18(28)29/h3-4,7,12,15,17,20H,5-6,8-11,25H2,1-2H3,(H,26,30)/t15-/m0/s1. The van der Waals surface area contributed by atoms with E-state index in [0.29, 0.717) is 0 Å². The third kappa shape index (κ3) is 7.31. The molecule has 0 unspecified atom stereocenters. The summed E-state index contributed by atoms with van der Waals surface area (Å²) in [5.41, 5.74) is 5.88. The summed E-state index contributed by atoms with van der Waals surface area (Å²) in [4.78, 5) is 27.4. The van der Waals surface area contributed by atoms with E-state index in [1.807, 2.05) is 13.8 Å². The highest BCUT2D eigenvalue weighted by atomic mass is 19.3. The van der Waals surface area contributed by atoms with Crippen LogP contribution in [0.4, 0.5) is 28.9 Å². The Kier molecular flexibility index (Phi) is 9.66. The number of benzene rings is 1. The summed E-state index contributed by atoms with van der Waals surface area (Å²) in [6, 6.07) is 2.86. The maximum Gasteiger partial charge on any atom is 0.387 e. The Morgan fingerprint density at radius 3 is 2.56 bits per heavy atom. The number of alkyl halides is 4. The molecule has 1 aromatic carbocycles. The summed E-state index contributed by atoms with van der Waals surface area (Å²) in [5.74, 6) is -1.39. The Balaban J connectivity index is 2.25. The number of ether oxygens (including phenoxy) is 2. The molecule has 1 aliphatic rings. The summed E-state index contributed by atoms with van der Waals surface area (Å²) in [7, 11) is 0. The number of carbonyl (C=O) groups is 2. The van der Waals surface area contributed by atoms with Crippen molar-refractivity contribution < 1.29 is 36.6 Å². The number of nitrogens with two attached hydrogens (primary N) is 1. The number of anilines is 2. The van der Waals surface area contributed by atoms with Crippen LogP contribution in [0.2, 0.25) is 0 Å². The fraction of sp³-hybridized carbons (Fsp3) is 0.600. The molecule has 12 heteroatoms. The number of hydrogen-bond donors (Lipinski definition) is 2. The Morgan fingerprint density at radius 2 is 2.00 bits per heavy atom. The van der Waals surface area contributed by atoms with Gasteiger partial charge in [0.25, 0.3) is 12.3 Å². The predicted octanol–water partition coefficient (Wildman–Crippen LogP) is 2.14. The van der Waals surface area contributed by atoms with Crippen LogP contribution in [-0.2, 0) is 14.3 Å². The van der Waals surface area contributed by atoms with E-state index in [2.05, 4.69) is 10.1 Å². The summed E-state index contributed by atoms with van der Waals surface area (Å²) >= 11 is 0. The van der Waals surface area contributed by atoms with Gasteiger partial charge < -0.3 is 25.4 Å². The van der Waals surface area contributed by atoms with Crippen molar-refractivity contribution in [1.82, 2.24) is 4.90 Å². The van der Waals surface area contributed by atoms with Crippen LogP contribution >= 0.6 is 0 Å². The van der Waals surface area contributed by atoms with Gasteiger partial charge in [0.05, 0.1) is 18.8 Å². The third-order valence-corrected chi connectivity index (χ3v) is 4.66. The van der Waals surface area contributed by atoms with Gasteiger partial charge in [0.1, 0.15) is 12.6 Å². The van der Waals surface area contributed by atoms with Crippen molar-refractivity contribution in [2.45, 2.75) is 32.9 Å². The molecule has 0 saturated carbocycles. The van der Waals surface area contributed by atoms with Crippen molar-refractivity contribution in [3.63, 3.8) is 0 Å². The van der Waals surface area contributed by atoms with Crippen LogP contribution in [0.15, 0.2) is 18.2 Å². The van der Waals surface area contributed by atoms with Crippen molar-refractivity contribution in [2.24, 2.45) is 11.7 Å². The van der Waals surface area contributed by atoms with Gasteiger partial charge in [-0.3, -0.25) is 14.5 Å². The summed E-state index contributed by atoms with van der Waals surface area (Å²) in [6.07, 6.45) is -2.66. The first-order valence-electron chi connectivity index (χ1n) is 10.1. The summed E-state index contributed by atoms with van der Waals surface area (Å²) in [6.45, 7) is 0.0339. The predicted molar refractivity (Wildman–Crippen MR) is 110 cm³/mol. The fourth-order valence-corrected chi connectivity index (χ4v) is 3.40. The Hall–Kier alpha value is -2.44. The van der Waals surface area contributed by atoms with E-state index in [4.69, 9.17) is 10.5 Å². The molecule has 1 fully saturated rings. The fourth-order valence-electron chi connectivity index (χ4n) is 3.40. The molecule has 1 heterocycles. The molecule has 0 bridgehead atoms. The van der Waals surface area contributed by atoms with Crippen molar-refractivity contribution in [2.75, 3.05) is 49.6 Å². The van der Waals surface area contributed by atoms with Crippen molar-refractivity contribution in [3.8, 4) is 5.75 Å². The number of carbonyl (C=O) groups excluding carboxylic acids is 2. The molecular weight excluding hydrogens is 436 g/mol. The first kappa shape index (κ1) is 25.8. The number of nitrogens with zero attached hydrogens (tertiary/aromatic N) is 2. The van der Waals surface area contributed by atoms with Crippen LogP contribution < -0.4 is 20.7 Å². The minimum absolute atomic E-state index is 0.00647. The van der Waals surface area contributed by atoms with Gasteiger partial charge in [0.2, 0.25) is 5.91 Å². The van der Waals surface area contributed by atoms with E-state index < -0.39 is 37.4 Å². The maximum absolute atomic E-state index is 13.0. The highest BCUT2D eigenvalue weighted by Crippen LogP contribution is 2.33. The van der Waals surface area contributed by atoms with Gasteiger partial charge in [-0.2, -0.15) is 8.78 Å². The number of nitrogens with one attached hydrogen (secondary N) is 1. The second kappa shape index (κ2) is 12.0. The molecule has 1 saturated heterocycles. The largest absolute Gasteiger partial charge is 0.433 e. The quantitative estimate of drug-likeness (QED) is 0.487. The zero-order valence-electron chi connectivity index (χ0n) is 17.9. The minimum atomic E-state index is -3.17. The lowest BCUT2D eigenvalue weighted by Gasteiger charge is -2.31. The average Bonchev–Trinajstić information content (AvgIpc) is 2.68. The zero-order chi connectivity index (χ0) is 23.8. The van der Waals surface area contributed by atoms with Gasteiger partial charge in [-0.05, 0) is 18.1 Å². The number of amides is 2. The van der Waals surface area contributed by atoms with Crippen molar-refractivity contribution in [3.05, 3.63) is 18.2 Å². The highest BCUT2D eigenvalue weighted by Gasteiger charge is 2.29. The van der Waals surface area contributed by atoms with Crippen LogP contribution in [0.1, 0.15) is 13.8 Å². The molecule has 1 atom stereocenters. The Morgan fingerprint density at radius 1 is 1.28 bits per heavy atom. The van der Waals surface area contributed by atoms with Crippen LogP contribution in [0, 0.1) is 5.92 Å². The van der Waals surface area contributed by atoms with E-state index in [1.165, 1.54) is 21.9 Å². The molecule has 1 aliphatic heterocycles. The van der Waals surface area contributed by atoms with E-state index >= 15 is 0 Å². The van der Waals surface area contributed by atoms with E-state index in [9.17, 15) is 27.2 Å². The van der Waals surface area contributed by atoms with Gasteiger partial charge in [0, 0.05) is 31.4 Å². The number of halogens is 4. The van der Waals surface area contributed by atoms with E-state index in [0.717, 1.165) is 6.07 Å². The first-order chi connectivity index (χ1) is 15.1. The number of morpholine rings is 1. The zero-order valence-corrected chi connectivity index (χ0v) is 17.9. The van der Waals surface area contributed by atoms with E-state index in [-0.39, 0.29) is 55.9 Å². The normalized spacial score (nSPS) is 15.7. The SMILES string of the molecule is CC(C)CN(CC(F)F)[C@@H](CN)C(=O)Nc1ccc(N2CCOCC2=O)c(OC(F)F)c1. The van der Waals surface area contributed by atoms with Gasteiger partial charge >= 0.3 is 6.61 Å². The van der Waals surface area contributed by atoms with Crippen LogP contribution in [0.3, 0.4) is 0 Å². The lowest BCUT2D eigenvalue weighted by Crippen LogP contribution is -2.51. The lowest BCUT2D eigenvalue weighted by atomic mass is 10.1. The molecular formula is C20H28F4N4O4. The van der Waals surface area contributed by atoms with Crippen molar-refractivity contribution in [1.29, 1.82) is 0 Å². The second-order valence-electron chi connectivity index (χ2n) is 7.64. The first-order valence-corrected chi connectivity index (χ1v) is 10.1. The molecule has 2 rings (SSSR count). The molecule has 0 radical (unpaired) electrons. The molecule has 0 spiro atoms. The molecule has 8 nitrogen and oxygen atoms in total. The minimum Gasteiger partial charge on any atom is -0.433 e. The van der Waals surface area contributed by atoms with Crippen LogP contribution in [-0.4, -0.2) is 75.2 Å². The van der Waals surface area contributed by atoms with E-state index in [1.54, 1.807) is 0 Å². The summed E-state index contributed by atoms with van der Waals surface area (Å²) in [5, 5.41) is 2.52. The van der Waals surface area contributed by atoms with Gasteiger partial charge in [-0.25, -0.2) is 8.78 Å². The average molecular weight is 464 g/mol.